The van der Waals surface area contributed by atoms with Crippen molar-refractivity contribution in [3.8, 4) is 11.5 Å². The summed E-state index contributed by atoms with van der Waals surface area (Å²) in [5.74, 6) is 0.843. The van der Waals surface area contributed by atoms with Crippen molar-refractivity contribution in [3.05, 3.63) is 23.8 Å². The lowest BCUT2D eigenvalue weighted by Crippen LogP contribution is -1.85. The van der Waals surface area contributed by atoms with Crippen LogP contribution in [0.15, 0.2) is 12.1 Å². The van der Waals surface area contributed by atoms with Gasteiger partial charge < -0.3 is 9.84 Å². The second-order valence-electron chi connectivity index (χ2n) is 2.02. The molecule has 0 saturated carbocycles. The van der Waals surface area contributed by atoms with E-state index in [-0.39, 0.29) is 5.75 Å². The third-order valence-corrected chi connectivity index (χ3v) is 1.40. The highest BCUT2D eigenvalue weighted by atomic mass is 16.5. The zero-order chi connectivity index (χ0) is 7.56. The van der Waals surface area contributed by atoms with Crippen LogP contribution in [0.4, 0.5) is 0 Å². The molecule has 1 aromatic carbocycles. The second kappa shape index (κ2) is 2.60. The maximum atomic E-state index is 9.10. The smallest absolute Gasteiger partial charge is 0.130 e. The summed E-state index contributed by atoms with van der Waals surface area (Å²) in [5, 5.41) is 9.10. The molecular weight excluding hydrogens is 128 g/mol. The molecule has 0 amide bonds. The highest BCUT2D eigenvalue weighted by Crippen LogP contribution is 2.24. The second-order valence-corrected chi connectivity index (χ2v) is 2.02. The quantitative estimate of drug-likeness (QED) is 0.635. The summed E-state index contributed by atoms with van der Waals surface area (Å²) >= 11 is 0. The molecule has 2 heteroatoms. The fourth-order valence-electron chi connectivity index (χ4n) is 0.767. The molecular formula is C8H9O2. The van der Waals surface area contributed by atoms with E-state index in [0.717, 1.165) is 5.56 Å². The number of methoxy groups -OCH3 is 1. The van der Waals surface area contributed by atoms with Gasteiger partial charge >= 0.3 is 0 Å². The lowest BCUT2D eigenvalue weighted by Gasteiger charge is -2.03. The molecule has 0 saturated heterocycles. The summed E-state index contributed by atoms with van der Waals surface area (Å²) in [6, 6.07) is 6.03. The highest BCUT2D eigenvalue weighted by Gasteiger charge is 2.00. The molecule has 10 heavy (non-hydrogen) atoms. The van der Waals surface area contributed by atoms with Gasteiger partial charge in [0.1, 0.15) is 11.5 Å². The maximum Gasteiger partial charge on any atom is 0.130 e. The normalized spacial score (nSPS) is 9.40. The van der Waals surface area contributed by atoms with Crippen molar-refractivity contribution >= 4 is 0 Å². The van der Waals surface area contributed by atoms with E-state index in [4.69, 9.17) is 9.84 Å². The molecule has 1 N–H and O–H groups in total. The first-order valence-electron chi connectivity index (χ1n) is 3.00. The van der Waals surface area contributed by atoms with Gasteiger partial charge in [-0.3, -0.25) is 0 Å². The van der Waals surface area contributed by atoms with Crippen LogP contribution in [0.5, 0.6) is 11.5 Å². The van der Waals surface area contributed by atoms with E-state index in [1.54, 1.807) is 26.2 Å². The minimum absolute atomic E-state index is 0.152. The van der Waals surface area contributed by atoms with Crippen LogP contribution >= 0.6 is 0 Å². The van der Waals surface area contributed by atoms with Gasteiger partial charge in [-0.25, -0.2) is 0 Å². The first-order chi connectivity index (χ1) is 4.75. The molecule has 0 aromatic heterocycles. The molecule has 0 aliphatic rings. The van der Waals surface area contributed by atoms with E-state index in [1.807, 2.05) is 0 Å². The number of ether oxygens (including phenoxy) is 1. The summed E-state index contributed by atoms with van der Waals surface area (Å²) in [6.07, 6.45) is 0. The molecule has 0 aliphatic carbocycles. The van der Waals surface area contributed by atoms with Crippen molar-refractivity contribution in [2.24, 2.45) is 0 Å². The summed E-state index contributed by atoms with van der Waals surface area (Å²) in [5.41, 5.74) is 0.727. The van der Waals surface area contributed by atoms with Gasteiger partial charge in [-0.2, -0.15) is 0 Å². The molecule has 1 radical (unpaired) electrons. The molecule has 0 atom stereocenters. The highest BCUT2D eigenvalue weighted by molar-refractivity contribution is 5.41. The molecule has 0 spiro atoms. The topological polar surface area (TPSA) is 29.5 Å². The van der Waals surface area contributed by atoms with Gasteiger partial charge in [0, 0.05) is 11.6 Å². The van der Waals surface area contributed by atoms with Crippen LogP contribution in [0.25, 0.3) is 0 Å². The van der Waals surface area contributed by atoms with E-state index in [0.29, 0.717) is 5.75 Å². The Morgan fingerprint density at radius 1 is 1.60 bits per heavy atom. The van der Waals surface area contributed by atoms with Crippen molar-refractivity contribution < 1.29 is 9.84 Å². The number of phenols is 1. The Bertz CT molecular complexity index is 231. The van der Waals surface area contributed by atoms with E-state index in [9.17, 15) is 0 Å². The van der Waals surface area contributed by atoms with E-state index < -0.39 is 0 Å². The van der Waals surface area contributed by atoms with Gasteiger partial charge in [0.15, 0.2) is 0 Å². The molecule has 0 heterocycles. The Kier molecular flexibility index (Phi) is 1.81. The van der Waals surface area contributed by atoms with Crippen LogP contribution in [0.1, 0.15) is 5.56 Å². The Morgan fingerprint density at radius 2 is 2.30 bits per heavy atom. The van der Waals surface area contributed by atoms with Crippen LogP contribution in [0.2, 0.25) is 0 Å². The summed E-state index contributed by atoms with van der Waals surface area (Å²) in [7, 11) is 1.57. The molecule has 0 unspecified atom stereocenters. The van der Waals surface area contributed by atoms with Gasteiger partial charge in [-0.15, -0.1) is 0 Å². The summed E-state index contributed by atoms with van der Waals surface area (Å²) in [4.78, 5) is 0. The van der Waals surface area contributed by atoms with Crippen molar-refractivity contribution in [2.45, 2.75) is 6.92 Å². The molecule has 0 bridgehead atoms. The molecule has 1 aromatic rings. The Labute approximate surface area is 60.1 Å². The molecule has 1 rings (SSSR count). The first-order valence-corrected chi connectivity index (χ1v) is 3.00. The average molecular weight is 137 g/mol. The third-order valence-electron chi connectivity index (χ3n) is 1.40. The Hall–Kier alpha value is -1.18. The van der Waals surface area contributed by atoms with Gasteiger partial charge in [-0.05, 0) is 19.1 Å². The number of aromatic hydroxyl groups is 1. The maximum absolute atomic E-state index is 9.10. The molecule has 0 aliphatic heterocycles. The Morgan fingerprint density at radius 3 is 2.80 bits per heavy atom. The number of hydrogen-bond acceptors (Lipinski definition) is 2. The van der Waals surface area contributed by atoms with Gasteiger partial charge in [-0.1, -0.05) is 0 Å². The SMILES string of the molecule is COc1cc[c]c(O)c1C. The molecule has 53 valence electrons. The molecule has 0 fully saturated rings. The lowest BCUT2D eigenvalue weighted by atomic mass is 10.2. The third kappa shape index (κ3) is 1.05. The van der Waals surface area contributed by atoms with Crippen molar-refractivity contribution in [1.29, 1.82) is 0 Å². The van der Waals surface area contributed by atoms with Crippen molar-refractivity contribution in [1.82, 2.24) is 0 Å². The van der Waals surface area contributed by atoms with Crippen LogP contribution in [-0.4, -0.2) is 12.2 Å². The summed E-state index contributed by atoms with van der Waals surface area (Å²) in [6.45, 7) is 1.78. The monoisotopic (exact) mass is 137 g/mol. The van der Waals surface area contributed by atoms with Crippen LogP contribution < -0.4 is 4.74 Å². The predicted octanol–water partition coefficient (Wildman–Crippen LogP) is 1.51. The Balaban J connectivity index is 3.14. The van der Waals surface area contributed by atoms with Gasteiger partial charge in [0.25, 0.3) is 0 Å². The number of benzene rings is 1. The standard InChI is InChI=1S/C8H9O2/c1-6-7(9)4-3-5-8(6)10-2/h3,5,9H,1-2H3. The van der Waals surface area contributed by atoms with Crippen LogP contribution in [-0.2, 0) is 0 Å². The lowest BCUT2D eigenvalue weighted by molar-refractivity contribution is 0.402. The first kappa shape index (κ1) is 6.93. The minimum atomic E-state index is 0.152. The molecule has 2 nitrogen and oxygen atoms in total. The summed E-state index contributed by atoms with van der Waals surface area (Å²) < 4.78 is 4.95. The van der Waals surface area contributed by atoms with Crippen molar-refractivity contribution in [3.63, 3.8) is 0 Å². The van der Waals surface area contributed by atoms with Crippen LogP contribution in [0.3, 0.4) is 0 Å². The predicted molar refractivity (Wildman–Crippen MR) is 38.2 cm³/mol. The van der Waals surface area contributed by atoms with E-state index in [2.05, 4.69) is 6.07 Å². The zero-order valence-electron chi connectivity index (χ0n) is 6.01. The number of rotatable bonds is 1. The van der Waals surface area contributed by atoms with Crippen molar-refractivity contribution in [2.75, 3.05) is 7.11 Å². The average Bonchev–Trinajstić information content (AvgIpc) is 1.95. The fraction of sp³-hybridized carbons (Fsp3) is 0.250. The minimum Gasteiger partial charge on any atom is -0.507 e. The number of hydrogen-bond donors (Lipinski definition) is 1. The largest absolute Gasteiger partial charge is 0.507 e. The zero-order valence-corrected chi connectivity index (χ0v) is 6.01. The van der Waals surface area contributed by atoms with E-state index >= 15 is 0 Å². The van der Waals surface area contributed by atoms with Crippen LogP contribution in [0, 0.1) is 13.0 Å². The van der Waals surface area contributed by atoms with Gasteiger partial charge in [0.2, 0.25) is 0 Å². The number of phenolic OH excluding ortho intramolecular Hbond substituents is 1. The fourth-order valence-corrected chi connectivity index (χ4v) is 0.767. The van der Waals surface area contributed by atoms with Gasteiger partial charge in [0.05, 0.1) is 7.11 Å². The van der Waals surface area contributed by atoms with E-state index in [1.165, 1.54) is 0 Å².